The molecule has 0 radical (unpaired) electrons. The van der Waals surface area contributed by atoms with Crippen molar-refractivity contribution in [2.75, 3.05) is 31.1 Å². The Morgan fingerprint density at radius 1 is 0.962 bits per heavy atom. The number of benzene rings is 2. The van der Waals surface area contributed by atoms with Crippen LogP contribution in [0.25, 0.3) is 0 Å². The summed E-state index contributed by atoms with van der Waals surface area (Å²) in [4.78, 5) is 17.0. The molecule has 1 unspecified atom stereocenters. The van der Waals surface area contributed by atoms with Gasteiger partial charge in [0, 0.05) is 32.7 Å². The van der Waals surface area contributed by atoms with Crippen LogP contribution in [-0.4, -0.2) is 48.1 Å². The van der Waals surface area contributed by atoms with Crippen molar-refractivity contribution in [3.63, 3.8) is 0 Å². The van der Waals surface area contributed by atoms with Crippen LogP contribution >= 0.6 is 12.4 Å². The number of nitrogens with one attached hydrogen (secondary N) is 1. The van der Waals surface area contributed by atoms with E-state index in [0.717, 1.165) is 31.7 Å². The van der Waals surface area contributed by atoms with E-state index in [1.807, 2.05) is 35.2 Å². The lowest BCUT2D eigenvalue weighted by Gasteiger charge is -2.38. The van der Waals surface area contributed by atoms with Crippen molar-refractivity contribution < 1.29 is 9.90 Å². The van der Waals surface area contributed by atoms with E-state index in [1.165, 1.54) is 11.1 Å². The standard InChI is InChI=1S/C20H23N3O2.ClH/c24-19-8-4-3-7-18(19)22-9-11-23(12-10-22)20(25)17-13-15-5-1-2-6-16(15)14-21-17;/h1-8,17,21,24H,9-14H2;1H. The second kappa shape index (κ2) is 7.98. The summed E-state index contributed by atoms with van der Waals surface area (Å²) in [6, 6.07) is 15.6. The number of carbonyl (C=O) groups is 1. The molecule has 6 heteroatoms. The van der Waals surface area contributed by atoms with Gasteiger partial charge >= 0.3 is 0 Å². The molecule has 4 rings (SSSR count). The van der Waals surface area contributed by atoms with Gasteiger partial charge in [-0.1, -0.05) is 36.4 Å². The predicted molar refractivity (Wildman–Crippen MR) is 105 cm³/mol. The molecule has 1 atom stereocenters. The van der Waals surface area contributed by atoms with Crippen LogP contribution < -0.4 is 10.2 Å². The van der Waals surface area contributed by atoms with Crippen LogP contribution in [0, 0.1) is 0 Å². The SMILES string of the molecule is Cl.O=C(C1Cc2ccccc2CN1)N1CCN(c2ccccc2O)CC1. The van der Waals surface area contributed by atoms with Crippen LogP contribution in [0.1, 0.15) is 11.1 Å². The second-order valence-electron chi connectivity index (χ2n) is 6.71. The Kier molecular flexibility index (Phi) is 5.69. The normalized spacial score (nSPS) is 19.5. The third-order valence-electron chi connectivity index (χ3n) is 5.19. The van der Waals surface area contributed by atoms with Crippen LogP contribution in [0.15, 0.2) is 48.5 Å². The van der Waals surface area contributed by atoms with E-state index in [4.69, 9.17) is 0 Å². The minimum atomic E-state index is -0.133. The molecule has 2 aromatic rings. The summed E-state index contributed by atoms with van der Waals surface area (Å²) < 4.78 is 0. The number of hydrogen-bond donors (Lipinski definition) is 2. The Hall–Kier alpha value is -2.24. The number of fused-ring (bicyclic) bond motifs is 1. The van der Waals surface area contributed by atoms with Crippen molar-refractivity contribution in [1.29, 1.82) is 0 Å². The Morgan fingerprint density at radius 3 is 2.35 bits per heavy atom. The number of piperazine rings is 1. The Morgan fingerprint density at radius 2 is 1.62 bits per heavy atom. The molecule has 1 amide bonds. The average molecular weight is 374 g/mol. The van der Waals surface area contributed by atoms with Gasteiger partial charge in [0.1, 0.15) is 5.75 Å². The molecule has 2 aromatic carbocycles. The number of nitrogens with zero attached hydrogens (tertiary/aromatic N) is 2. The topological polar surface area (TPSA) is 55.8 Å². The maximum atomic E-state index is 12.9. The van der Waals surface area contributed by atoms with Crippen LogP contribution in [0.5, 0.6) is 5.75 Å². The van der Waals surface area contributed by atoms with Gasteiger partial charge in [0.15, 0.2) is 0 Å². The number of amides is 1. The molecule has 2 heterocycles. The third kappa shape index (κ3) is 3.64. The molecule has 0 bridgehead atoms. The molecule has 2 aliphatic heterocycles. The van der Waals surface area contributed by atoms with Gasteiger partial charge in [-0.3, -0.25) is 4.79 Å². The lowest BCUT2D eigenvalue weighted by atomic mass is 9.95. The summed E-state index contributed by atoms with van der Waals surface area (Å²) in [5.74, 6) is 0.485. The van der Waals surface area contributed by atoms with Gasteiger partial charge in [-0.2, -0.15) is 0 Å². The number of rotatable bonds is 2. The number of para-hydroxylation sites is 2. The highest BCUT2D eigenvalue weighted by Crippen LogP contribution is 2.27. The number of phenolic OH excluding ortho intramolecular Hbond substituents is 1. The van der Waals surface area contributed by atoms with Gasteiger partial charge in [-0.15, -0.1) is 12.4 Å². The molecular weight excluding hydrogens is 350 g/mol. The average Bonchev–Trinajstić information content (AvgIpc) is 2.67. The summed E-state index contributed by atoms with van der Waals surface area (Å²) in [7, 11) is 0. The van der Waals surface area contributed by atoms with Gasteiger partial charge in [-0.05, 0) is 29.7 Å². The van der Waals surface area contributed by atoms with Crippen LogP contribution in [-0.2, 0) is 17.8 Å². The van der Waals surface area contributed by atoms with Crippen LogP contribution in [0.2, 0.25) is 0 Å². The highest BCUT2D eigenvalue weighted by Gasteiger charge is 2.30. The fraction of sp³-hybridized carbons (Fsp3) is 0.350. The van der Waals surface area contributed by atoms with Crippen LogP contribution in [0.4, 0.5) is 5.69 Å². The minimum Gasteiger partial charge on any atom is -0.506 e. The maximum Gasteiger partial charge on any atom is 0.240 e. The molecule has 26 heavy (non-hydrogen) atoms. The number of halogens is 1. The van der Waals surface area contributed by atoms with Gasteiger partial charge in [0.05, 0.1) is 11.7 Å². The first-order valence-electron chi connectivity index (χ1n) is 8.84. The van der Waals surface area contributed by atoms with Crippen molar-refractivity contribution >= 4 is 24.0 Å². The first kappa shape index (κ1) is 18.5. The summed E-state index contributed by atoms with van der Waals surface area (Å²) >= 11 is 0. The highest BCUT2D eigenvalue weighted by atomic mass is 35.5. The van der Waals surface area contributed by atoms with E-state index in [1.54, 1.807) is 6.07 Å². The Balaban J connectivity index is 0.00000196. The second-order valence-corrected chi connectivity index (χ2v) is 6.71. The van der Waals surface area contributed by atoms with E-state index in [-0.39, 0.29) is 24.4 Å². The van der Waals surface area contributed by atoms with Crippen molar-refractivity contribution in [1.82, 2.24) is 10.2 Å². The maximum absolute atomic E-state index is 12.9. The summed E-state index contributed by atoms with van der Waals surface area (Å²) in [6.07, 6.45) is 0.759. The van der Waals surface area contributed by atoms with E-state index in [0.29, 0.717) is 18.8 Å². The van der Waals surface area contributed by atoms with Gasteiger partial charge in [-0.25, -0.2) is 0 Å². The lowest BCUT2D eigenvalue weighted by molar-refractivity contribution is -0.133. The molecule has 138 valence electrons. The van der Waals surface area contributed by atoms with E-state index >= 15 is 0 Å². The molecule has 5 nitrogen and oxygen atoms in total. The molecule has 0 spiro atoms. The zero-order valence-corrected chi connectivity index (χ0v) is 15.4. The number of anilines is 1. The molecule has 0 saturated carbocycles. The zero-order valence-electron chi connectivity index (χ0n) is 14.6. The van der Waals surface area contributed by atoms with Crippen molar-refractivity contribution in [3.8, 4) is 5.75 Å². The number of phenols is 1. The van der Waals surface area contributed by atoms with E-state index in [2.05, 4.69) is 22.3 Å². The molecule has 2 aliphatic rings. The Labute approximate surface area is 160 Å². The number of hydrogen-bond acceptors (Lipinski definition) is 4. The predicted octanol–water partition coefficient (Wildman–Crippen LogP) is 2.18. The quantitative estimate of drug-likeness (QED) is 0.847. The van der Waals surface area contributed by atoms with Crippen LogP contribution in [0.3, 0.4) is 0 Å². The van der Waals surface area contributed by atoms with Gasteiger partial charge < -0.3 is 20.2 Å². The highest BCUT2D eigenvalue weighted by molar-refractivity contribution is 5.85. The van der Waals surface area contributed by atoms with Gasteiger partial charge in [0.25, 0.3) is 0 Å². The lowest BCUT2D eigenvalue weighted by Crippen LogP contribution is -2.55. The van der Waals surface area contributed by atoms with Crippen molar-refractivity contribution in [2.24, 2.45) is 0 Å². The minimum absolute atomic E-state index is 0. The van der Waals surface area contributed by atoms with Crippen molar-refractivity contribution in [2.45, 2.75) is 19.0 Å². The molecular formula is C20H24ClN3O2. The molecule has 2 N–H and O–H groups in total. The zero-order chi connectivity index (χ0) is 17.2. The summed E-state index contributed by atoms with van der Waals surface area (Å²) in [5.41, 5.74) is 3.41. The fourth-order valence-corrected chi connectivity index (χ4v) is 3.75. The summed E-state index contributed by atoms with van der Waals surface area (Å²) in [6.45, 7) is 3.61. The van der Waals surface area contributed by atoms with E-state index in [9.17, 15) is 9.90 Å². The van der Waals surface area contributed by atoms with Crippen molar-refractivity contribution in [3.05, 3.63) is 59.7 Å². The Bertz CT molecular complexity index is 775. The first-order valence-corrected chi connectivity index (χ1v) is 8.84. The molecule has 1 saturated heterocycles. The largest absolute Gasteiger partial charge is 0.506 e. The molecule has 0 aliphatic carbocycles. The first-order chi connectivity index (χ1) is 12.2. The number of aromatic hydroxyl groups is 1. The molecule has 0 aromatic heterocycles. The fourth-order valence-electron chi connectivity index (χ4n) is 3.75. The number of carbonyl (C=O) groups excluding carboxylic acids is 1. The van der Waals surface area contributed by atoms with E-state index < -0.39 is 0 Å². The summed E-state index contributed by atoms with van der Waals surface area (Å²) in [5, 5.41) is 13.4. The van der Waals surface area contributed by atoms with Gasteiger partial charge in [0.2, 0.25) is 5.91 Å². The molecule has 1 fully saturated rings. The third-order valence-corrected chi connectivity index (χ3v) is 5.19. The monoisotopic (exact) mass is 373 g/mol. The smallest absolute Gasteiger partial charge is 0.240 e.